The SMILES string of the molecule is Cc1nonc1S(=O)(=O)NC1C[C@@H]2[C@H](C1)C2(C)C. The van der Waals surface area contributed by atoms with Gasteiger partial charge in [0.2, 0.25) is 5.03 Å². The van der Waals surface area contributed by atoms with Gasteiger partial charge < -0.3 is 0 Å². The lowest BCUT2D eigenvalue weighted by Gasteiger charge is -2.17. The standard InChI is InChI=1S/C11H17N3O3S/c1-6-10(13-17-12-6)18(15,16)14-7-4-8-9(5-7)11(8,2)3/h7-9,14H,4-5H2,1-3H3/t7?,8-,9+. The molecule has 1 aromatic rings. The van der Waals surface area contributed by atoms with Crippen molar-refractivity contribution in [1.29, 1.82) is 0 Å². The van der Waals surface area contributed by atoms with Crippen LogP contribution in [-0.2, 0) is 10.0 Å². The molecular formula is C11H17N3O3S. The average molecular weight is 271 g/mol. The number of nitrogens with zero attached hydrogens (tertiary/aromatic N) is 2. The van der Waals surface area contributed by atoms with Crippen LogP contribution in [0, 0.1) is 24.2 Å². The molecule has 0 spiro atoms. The third kappa shape index (κ3) is 1.68. The largest absolute Gasteiger partial charge is 0.263 e. The van der Waals surface area contributed by atoms with Crippen LogP contribution < -0.4 is 4.72 Å². The first-order chi connectivity index (χ1) is 8.32. The second-order valence-corrected chi connectivity index (χ2v) is 7.61. The second kappa shape index (κ2) is 3.54. The fourth-order valence-corrected chi connectivity index (χ4v) is 4.64. The second-order valence-electron chi connectivity index (χ2n) is 5.98. The minimum absolute atomic E-state index is 0.0223. The number of aryl methyl sites for hydroxylation is 1. The maximum absolute atomic E-state index is 12.1. The highest BCUT2D eigenvalue weighted by Gasteiger charge is 2.62. The summed E-state index contributed by atoms with van der Waals surface area (Å²) in [6.45, 7) is 6.07. The molecule has 7 heteroatoms. The first-order valence-corrected chi connectivity index (χ1v) is 7.62. The molecule has 1 unspecified atom stereocenters. The van der Waals surface area contributed by atoms with Gasteiger partial charge in [0.1, 0.15) is 5.69 Å². The van der Waals surface area contributed by atoms with E-state index in [0.717, 1.165) is 12.8 Å². The molecule has 1 aromatic heterocycles. The Bertz CT molecular complexity index is 564. The van der Waals surface area contributed by atoms with Crippen LogP contribution >= 0.6 is 0 Å². The van der Waals surface area contributed by atoms with Gasteiger partial charge in [-0.2, -0.15) is 0 Å². The highest BCUT2D eigenvalue weighted by Crippen LogP contribution is 2.66. The molecule has 0 radical (unpaired) electrons. The fourth-order valence-electron chi connectivity index (χ4n) is 3.34. The Kier molecular flexibility index (Phi) is 2.38. The van der Waals surface area contributed by atoms with Gasteiger partial charge in [0.15, 0.2) is 0 Å². The third-order valence-electron chi connectivity index (χ3n) is 4.55. The van der Waals surface area contributed by atoms with E-state index in [-0.39, 0.29) is 11.1 Å². The summed E-state index contributed by atoms with van der Waals surface area (Å²) in [5, 5.41) is 6.86. The molecule has 100 valence electrons. The normalized spacial score (nSPS) is 33.4. The zero-order valence-corrected chi connectivity index (χ0v) is 11.5. The molecule has 0 aromatic carbocycles. The van der Waals surface area contributed by atoms with E-state index in [9.17, 15) is 8.42 Å². The van der Waals surface area contributed by atoms with E-state index in [2.05, 4.69) is 33.5 Å². The van der Waals surface area contributed by atoms with Gasteiger partial charge in [-0.25, -0.2) is 17.8 Å². The van der Waals surface area contributed by atoms with Crippen molar-refractivity contribution in [2.24, 2.45) is 17.3 Å². The summed E-state index contributed by atoms with van der Waals surface area (Å²) in [7, 11) is -3.59. The maximum atomic E-state index is 12.1. The van der Waals surface area contributed by atoms with Crippen LogP contribution in [0.25, 0.3) is 0 Å². The van der Waals surface area contributed by atoms with Gasteiger partial charge in [-0.15, -0.1) is 0 Å². The van der Waals surface area contributed by atoms with Gasteiger partial charge in [0.05, 0.1) is 0 Å². The number of hydrogen-bond acceptors (Lipinski definition) is 5. The molecule has 3 rings (SSSR count). The van der Waals surface area contributed by atoms with Crippen LogP contribution in [-0.4, -0.2) is 24.8 Å². The molecule has 0 aliphatic heterocycles. The highest BCUT2D eigenvalue weighted by molar-refractivity contribution is 7.89. The minimum Gasteiger partial charge on any atom is -0.243 e. The molecule has 2 saturated carbocycles. The van der Waals surface area contributed by atoms with E-state index in [1.807, 2.05) is 0 Å². The Labute approximate surface area is 106 Å². The molecule has 1 N–H and O–H groups in total. The van der Waals surface area contributed by atoms with Crippen LogP contribution in [0.4, 0.5) is 0 Å². The van der Waals surface area contributed by atoms with Crippen LogP contribution in [0.1, 0.15) is 32.4 Å². The van der Waals surface area contributed by atoms with Gasteiger partial charge in [-0.05, 0) is 42.2 Å². The number of fused-ring (bicyclic) bond motifs is 1. The van der Waals surface area contributed by atoms with E-state index in [1.165, 1.54) is 0 Å². The van der Waals surface area contributed by atoms with Crippen LogP contribution in [0.3, 0.4) is 0 Å². The molecule has 0 bridgehead atoms. The Morgan fingerprint density at radius 2 is 1.89 bits per heavy atom. The van der Waals surface area contributed by atoms with Gasteiger partial charge in [-0.1, -0.05) is 19.0 Å². The lowest BCUT2D eigenvalue weighted by Crippen LogP contribution is -2.35. The summed E-state index contributed by atoms with van der Waals surface area (Å²) in [5.74, 6) is 1.31. The molecule has 2 fully saturated rings. The van der Waals surface area contributed by atoms with Crippen molar-refractivity contribution in [3.8, 4) is 0 Å². The predicted molar refractivity (Wildman–Crippen MR) is 63.1 cm³/mol. The molecule has 18 heavy (non-hydrogen) atoms. The minimum atomic E-state index is -3.59. The van der Waals surface area contributed by atoms with Gasteiger partial charge in [0.25, 0.3) is 10.0 Å². The monoisotopic (exact) mass is 271 g/mol. The molecule has 0 amide bonds. The number of aromatic nitrogens is 2. The summed E-state index contributed by atoms with van der Waals surface area (Å²) in [5.41, 5.74) is 0.693. The summed E-state index contributed by atoms with van der Waals surface area (Å²) in [6, 6.07) is 0.0223. The summed E-state index contributed by atoms with van der Waals surface area (Å²) in [6.07, 6.45) is 1.84. The van der Waals surface area contributed by atoms with E-state index < -0.39 is 10.0 Å². The lowest BCUT2D eigenvalue weighted by atomic mass is 9.98. The van der Waals surface area contributed by atoms with Gasteiger partial charge in [-0.3, -0.25) is 0 Å². The Morgan fingerprint density at radius 1 is 1.28 bits per heavy atom. The topological polar surface area (TPSA) is 85.1 Å². The van der Waals surface area contributed by atoms with Crippen molar-refractivity contribution >= 4 is 10.0 Å². The highest BCUT2D eigenvalue weighted by atomic mass is 32.2. The van der Waals surface area contributed by atoms with Crippen LogP contribution in [0.15, 0.2) is 9.65 Å². The number of sulfonamides is 1. The number of nitrogens with one attached hydrogen (secondary N) is 1. The molecule has 6 nitrogen and oxygen atoms in total. The van der Waals surface area contributed by atoms with Crippen LogP contribution in [0.5, 0.6) is 0 Å². The predicted octanol–water partition coefficient (Wildman–Crippen LogP) is 1.09. The molecule has 2 aliphatic carbocycles. The molecule has 0 saturated heterocycles. The number of rotatable bonds is 3. The zero-order valence-electron chi connectivity index (χ0n) is 10.7. The number of hydrogen-bond donors (Lipinski definition) is 1. The third-order valence-corrected chi connectivity index (χ3v) is 6.07. The molecule has 2 aliphatic rings. The van der Waals surface area contributed by atoms with Gasteiger partial charge in [0, 0.05) is 6.04 Å². The molecule has 1 heterocycles. The van der Waals surface area contributed by atoms with E-state index in [1.54, 1.807) is 6.92 Å². The van der Waals surface area contributed by atoms with E-state index >= 15 is 0 Å². The van der Waals surface area contributed by atoms with Crippen molar-refractivity contribution in [2.45, 2.75) is 44.7 Å². The summed E-state index contributed by atoms with van der Waals surface area (Å²) >= 11 is 0. The van der Waals surface area contributed by atoms with Crippen molar-refractivity contribution in [1.82, 2.24) is 15.0 Å². The Morgan fingerprint density at radius 3 is 2.39 bits per heavy atom. The Balaban J connectivity index is 1.70. The van der Waals surface area contributed by atoms with Crippen molar-refractivity contribution in [3.63, 3.8) is 0 Å². The first-order valence-electron chi connectivity index (χ1n) is 6.14. The van der Waals surface area contributed by atoms with Crippen molar-refractivity contribution in [2.75, 3.05) is 0 Å². The summed E-state index contributed by atoms with van der Waals surface area (Å²) < 4.78 is 31.3. The van der Waals surface area contributed by atoms with E-state index in [0.29, 0.717) is 22.9 Å². The lowest BCUT2D eigenvalue weighted by molar-refractivity contribution is 0.295. The maximum Gasteiger partial charge on any atom is 0.263 e. The zero-order chi connectivity index (χ0) is 13.1. The van der Waals surface area contributed by atoms with Crippen molar-refractivity contribution < 1.29 is 13.0 Å². The quantitative estimate of drug-likeness (QED) is 0.889. The Hall–Kier alpha value is -0.950. The van der Waals surface area contributed by atoms with Crippen molar-refractivity contribution in [3.05, 3.63) is 5.69 Å². The molecule has 3 atom stereocenters. The van der Waals surface area contributed by atoms with E-state index in [4.69, 9.17) is 0 Å². The fraction of sp³-hybridized carbons (Fsp3) is 0.818. The van der Waals surface area contributed by atoms with Gasteiger partial charge >= 0.3 is 0 Å². The average Bonchev–Trinajstić information content (AvgIpc) is 2.69. The molecular weight excluding hydrogens is 254 g/mol. The smallest absolute Gasteiger partial charge is 0.243 e. The van der Waals surface area contributed by atoms with Crippen LogP contribution in [0.2, 0.25) is 0 Å². The first kappa shape index (κ1) is 12.1. The summed E-state index contributed by atoms with van der Waals surface area (Å²) in [4.78, 5) is 0.